The summed E-state index contributed by atoms with van der Waals surface area (Å²) in [4.78, 5) is 37.3. The number of anilines is 1. The Bertz CT molecular complexity index is 3100. The Kier molecular flexibility index (Phi) is 9.34. The molecule has 3 heterocycles. The molecule has 1 amide bonds. The van der Waals surface area contributed by atoms with Crippen LogP contribution in [-0.2, 0) is 0 Å². The average Bonchev–Trinajstić information content (AvgIpc) is 3.62. The molecule has 278 valence electrons. The van der Waals surface area contributed by atoms with Crippen molar-refractivity contribution in [2.45, 2.75) is 6.92 Å². The van der Waals surface area contributed by atoms with Crippen LogP contribution in [0.5, 0.6) is 0 Å². The van der Waals surface area contributed by atoms with Crippen molar-refractivity contribution >= 4 is 39.2 Å². The zero-order chi connectivity index (χ0) is 40.5. The lowest BCUT2D eigenvalue weighted by molar-refractivity contribution is 0.0985. The number of nitrogens with one attached hydrogen (secondary N) is 1. The van der Waals surface area contributed by atoms with Gasteiger partial charge in [-0.15, -0.1) is 0 Å². The summed E-state index contributed by atoms with van der Waals surface area (Å²) in [5, 5.41) is 24.3. The Hall–Kier alpha value is -8.46. The van der Waals surface area contributed by atoms with Gasteiger partial charge in [0.15, 0.2) is 5.78 Å². The number of benzene rings is 6. The third-order valence-electron chi connectivity index (χ3n) is 10.5. The van der Waals surface area contributed by atoms with E-state index in [0.29, 0.717) is 22.5 Å². The second-order valence-electron chi connectivity index (χ2n) is 14.1. The van der Waals surface area contributed by atoms with Crippen LogP contribution in [-0.4, -0.2) is 26.2 Å². The number of pyridine rings is 2. The molecule has 0 aliphatic rings. The molecule has 6 aromatic carbocycles. The minimum atomic E-state index is -0.430. The molecule has 0 unspecified atom stereocenters. The maximum atomic E-state index is 14.7. The third kappa shape index (κ3) is 6.78. The van der Waals surface area contributed by atoms with Crippen molar-refractivity contribution in [3.05, 3.63) is 193 Å². The van der Waals surface area contributed by atoms with Crippen LogP contribution in [0, 0.1) is 22.7 Å². The molecular formula is C51H32N6O2. The number of carbonyl (C=O) groups excluding carboxylic acids is 2. The van der Waals surface area contributed by atoms with E-state index in [1.807, 2.05) is 126 Å². The van der Waals surface area contributed by atoms with Gasteiger partial charge in [-0.1, -0.05) is 103 Å². The molecule has 0 fully saturated rings. The van der Waals surface area contributed by atoms with Gasteiger partial charge in [-0.3, -0.25) is 19.6 Å². The Morgan fingerprint density at radius 1 is 0.542 bits per heavy atom. The van der Waals surface area contributed by atoms with Gasteiger partial charge in [-0.25, -0.2) is 0 Å². The van der Waals surface area contributed by atoms with Gasteiger partial charge in [0.1, 0.15) is 12.1 Å². The predicted octanol–water partition coefficient (Wildman–Crippen LogP) is 11.4. The standard InChI is InChI=1S/C51H32N6O2/c1-32(58)50-45(51(59)56-46-23-37(35-9-4-2-5-10-35)15-18-42(46)36-11-6-3-7-12-36)13-8-14-47(50)57-48-24-38(40-21-33(26-52)28-54-30-40)16-19-43(48)44-20-17-39(25-49(44)57)41-22-34(27-53)29-55-31-41/h2-25,28-31H,1H3,(H,56,59). The number of rotatable bonds is 8. The highest BCUT2D eigenvalue weighted by molar-refractivity contribution is 6.17. The van der Waals surface area contributed by atoms with Crippen LogP contribution >= 0.6 is 0 Å². The number of aromatic nitrogens is 3. The summed E-state index contributed by atoms with van der Waals surface area (Å²) in [6.45, 7) is 1.48. The van der Waals surface area contributed by atoms with E-state index in [4.69, 9.17) is 0 Å². The molecule has 3 aromatic heterocycles. The van der Waals surface area contributed by atoms with Crippen LogP contribution in [0.2, 0.25) is 0 Å². The predicted molar refractivity (Wildman–Crippen MR) is 232 cm³/mol. The van der Waals surface area contributed by atoms with Gasteiger partial charge in [0, 0.05) is 57.9 Å². The molecule has 8 heteroatoms. The minimum Gasteiger partial charge on any atom is -0.321 e. The number of hydrogen-bond acceptors (Lipinski definition) is 6. The lowest BCUT2D eigenvalue weighted by atomic mass is 9.97. The van der Waals surface area contributed by atoms with Crippen molar-refractivity contribution < 1.29 is 9.59 Å². The molecule has 59 heavy (non-hydrogen) atoms. The maximum absolute atomic E-state index is 14.7. The van der Waals surface area contributed by atoms with Crippen molar-refractivity contribution in [3.63, 3.8) is 0 Å². The Balaban J connectivity index is 1.25. The van der Waals surface area contributed by atoms with E-state index in [0.717, 1.165) is 66.3 Å². The van der Waals surface area contributed by atoms with E-state index in [1.54, 1.807) is 36.7 Å². The van der Waals surface area contributed by atoms with E-state index >= 15 is 0 Å². The number of hydrogen-bond donors (Lipinski definition) is 1. The summed E-state index contributed by atoms with van der Waals surface area (Å²) >= 11 is 0. The van der Waals surface area contributed by atoms with Crippen LogP contribution in [0.1, 0.15) is 38.8 Å². The topological polar surface area (TPSA) is 124 Å². The van der Waals surface area contributed by atoms with E-state index in [9.17, 15) is 20.1 Å². The zero-order valence-electron chi connectivity index (χ0n) is 31.7. The van der Waals surface area contributed by atoms with Crippen LogP contribution in [0.15, 0.2) is 170 Å². The van der Waals surface area contributed by atoms with E-state index in [1.165, 1.54) is 19.3 Å². The van der Waals surface area contributed by atoms with Crippen LogP contribution in [0.25, 0.3) is 72.0 Å². The number of carbonyl (C=O) groups is 2. The zero-order valence-corrected chi connectivity index (χ0v) is 31.7. The molecule has 0 radical (unpaired) electrons. The first-order chi connectivity index (χ1) is 28.9. The molecule has 8 nitrogen and oxygen atoms in total. The van der Waals surface area contributed by atoms with Crippen molar-refractivity contribution in [2.24, 2.45) is 0 Å². The van der Waals surface area contributed by atoms with E-state index in [2.05, 4.69) is 27.4 Å². The van der Waals surface area contributed by atoms with Crippen molar-refractivity contribution in [3.8, 4) is 62.3 Å². The summed E-state index contributed by atoms with van der Waals surface area (Å²) in [5.41, 5.74) is 10.9. The molecule has 0 spiro atoms. The lowest BCUT2D eigenvalue weighted by Gasteiger charge is -2.18. The van der Waals surface area contributed by atoms with Gasteiger partial charge >= 0.3 is 0 Å². The SMILES string of the molecule is CC(=O)c1c(C(=O)Nc2cc(-c3ccccc3)ccc2-c2ccccc2)cccc1-n1c2cc(-c3cncc(C#N)c3)ccc2c2ccc(-c3cncc(C#N)c3)cc21. The number of amides is 1. The van der Waals surface area contributed by atoms with Gasteiger partial charge in [0.2, 0.25) is 0 Å². The van der Waals surface area contributed by atoms with Crippen molar-refractivity contribution in [2.75, 3.05) is 5.32 Å². The van der Waals surface area contributed by atoms with Gasteiger partial charge in [0.05, 0.1) is 39.0 Å². The number of nitrogens with zero attached hydrogens (tertiary/aromatic N) is 5. The average molecular weight is 761 g/mol. The molecule has 0 aliphatic heterocycles. The fraction of sp³-hybridized carbons (Fsp3) is 0.0196. The summed E-state index contributed by atoms with van der Waals surface area (Å²) in [7, 11) is 0. The normalized spacial score (nSPS) is 10.9. The molecule has 0 bridgehead atoms. The first kappa shape index (κ1) is 36.2. The monoisotopic (exact) mass is 760 g/mol. The molecule has 0 atom stereocenters. The largest absolute Gasteiger partial charge is 0.321 e. The molecule has 0 aliphatic carbocycles. The highest BCUT2D eigenvalue weighted by Crippen LogP contribution is 2.39. The van der Waals surface area contributed by atoms with Crippen molar-refractivity contribution in [1.82, 2.24) is 14.5 Å². The second-order valence-corrected chi connectivity index (χ2v) is 14.1. The molecule has 1 N–H and O–H groups in total. The highest BCUT2D eigenvalue weighted by atomic mass is 16.2. The molecule has 0 saturated carbocycles. The van der Waals surface area contributed by atoms with Gasteiger partial charge in [-0.05, 0) is 77.2 Å². The van der Waals surface area contributed by atoms with Crippen molar-refractivity contribution in [1.29, 1.82) is 10.5 Å². The summed E-state index contributed by atoms with van der Waals surface area (Å²) in [6.07, 6.45) is 6.47. The summed E-state index contributed by atoms with van der Waals surface area (Å²) in [5.74, 6) is -0.716. The maximum Gasteiger partial charge on any atom is 0.256 e. The fourth-order valence-corrected chi connectivity index (χ4v) is 7.76. The molecule has 0 saturated heterocycles. The van der Waals surface area contributed by atoms with Crippen LogP contribution < -0.4 is 5.32 Å². The smallest absolute Gasteiger partial charge is 0.256 e. The van der Waals surface area contributed by atoms with Gasteiger partial charge < -0.3 is 9.88 Å². The number of Topliss-reactive ketones (excluding diaryl/α,β-unsaturated/α-hetero) is 1. The molecule has 9 aromatic rings. The second kappa shape index (κ2) is 15.2. The van der Waals surface area contributed by atoms with Gasteiger partial charge in [0.25, 0.3) is 5.91 Å². The first-order valence-electron chi connectivity index (χ1n) is 18.9. The quantitative estimate of drug-likeness (QED) is 0.154. The highest BCUT2D eigenvalue weighted by Gasteiger charge is 2.24. The van der Waals surface area contributed by atoms with E-state index in [-0.39, 0.29) is 16.9 Å². The summed E-state index contributed by atoms with van der Waals surface area (Å²) < 4.78 is 2.01. The molecule has 9 rings (SSSR count). The number of ketones is 1. The first-order valence-corrected chi connectivity index (χ1v) is 18.9. The third-order valence-corrected chi connectivity index (χ3v) is 10.5. The van der Waals surface area contributed by atoms with Crippen LogP contribution in [0.4, 0.5) is 5.69 Å². The van der Waals surface area contributed by atoms with Gasteiger partial charge in [-0.2, -0.15) is 10.5 Å². The summed E-state index contributed by atoms with van der Waals surface area (Å²) in [6, 6.07) is 51.2. The van der Waals surface area contributed by atoms with Crippen LogP contribution in [0.3, 0.4) is 0 Å². The fourth-order valence-electron chi connectivity index (χ4n) is 7.76. The Labute approximate surface area is 339 Å². The number of nitriles is 2. The number of fused-ring (bicyclic) bond motifs is 3. The Morgan fingerprint density at radius 2 is 1.08 bits per heavy atom. The van der Waals surface area contributed by atoms with E-state index < -0.39 is 5.91 Å². The minimum absolute atomic E-state index is 0.221. The lowest BCUT2D eigenvalue weighted by Crippen LogP contribution is -2.18. The molecular weight excluding hydrogens is 729 g/mol. The Morgan fingerprint density at radius 3 is 1.64 bits per heavy atom.